The van der Waals surface area contributed by atoms with Gasteiger partial charge in [0.15, 0.2) is 0 Å². The SMILES string of the molecule is Cc1ncc(CNCC(C)C)n1Cc1cccc(O)c1. The highest BCUT2D eigenvalue weighted by Gasteiger charge is 2.07. The van der Waals surface area contributed by atoms with Crippen LogP contribution in [-0.2, 0) is 13.1 Å². The summed E-state index contributed by atoms with van der Waals surface area (Å²) in [5, 5.41) is 13.0. The van der Waals surface area contributed by atoms with Gasteiger partial charge in [0.05, 0.1) is 5.69 Å². The fourth-order valence-corrected chi connectivity index (χ4v) is 2.20. The first kappa shape index (κ1) is 14.6. The summed E-state index contributed by atoms with van der Waals surface area (Å²) in [5.41, 5.74) is 2.25. The van der Waals surface area contributed by atoms with Crippen LogP contribution in [0.15, 0.2) is 30.5 Å². The second-order valence-electron chi connectivity index (χ2n) is 5.58. The van der Waals surface area contributed by atoms with E-state index in [1.54, 1.807) is 12.1 Å². The van der Waals surface area contributed by atoms with Gasteiger partial charge in [0.1, 0.15) is 11.6 Å². The number of rotatable bonds is 6. The van der Waals surface area contributed by atoms with Gasteiger partial charge in [0, 0.05) is 19.3 Å². The van der Waals surface area contributed by atoms with Gasteiger partial charge < -0.3 is 15.0 Å². The third kappa shape index (κ3) is 3.84. The van der Waals surface area contributed by atoms with E-state index in [2.05, 4.69) is 28.7 Å². The van der Waals surface area contributed by atoms with E-state index in [0.29, 0.717) is 11.7 Å². The summed E-state index contributed by atoms with van der Waals surface area (Å²) >= 11 is 0. The van der Waals surface area contributed by atoms with Crippen LogP contribution >= 0.6 is 0 Å². The highest BCUT2D eigenvalue weighted by Crippen LogP contribution is 2.14. The number of phenolic OH excluding ortho intramolecular Hbond substituents is 1. The molecule has 0 spiro atoms. The zero-order valence-electron chi connectivity index (χ0n) is 12.4. The molecule has 1 heterocycles. The van der Waals surface area contributed by atoms with Gasteiger partial charge in [0.25, 0.3) is 0 Å². The normalized spacial score (nSPS) is 11.2. The van der Waals surface area contributed by atoms with Crippen LogP contribution in [0.4, 0.5) is 0 Å². The molecule has 0 aliphatic carbocycles. The Morgan fingerprint density at radius 1 is 1.35 bits per heavy atom. The van der Waals surface area contributed by atoms with Crippen molar-refractivity contribution in [3.05, 3.63) is 47.5 Å². The van der Waals surface area contributed by atoms with E-state index in [0.717, 1.165) is 31.0 Å². The zero-order chi connectivity index (χ0) is 14.5. The van der Waals surface area contributed by atoms with Gasteiger partial charge in [-0.05, 0) is 37.1 Å². The lowest BCUT2D eigenvalue weighted by Gasteiger charge is -2.12. The van der Waals surface area contributed by atoms with Crippen LogP contribution in [-0.4, -0.2) is 21.2 Å². The van der Waals surface area contributed by atoms with Crippen LogP contribution in [0.1, 0.15) is 30.9 Å². The molecule has 1 aromatic carbocycles. The molecule has 0 fully saturated rings. The average molecular weight is 273 g/mol. The fourth-order valence-electron chi connectivity index (χ4n) is 2.20. The smallest absolute Gasteiger partial charge is 0.115 e. The number of hydrogen-bond donors (Lipinski definition) is 2. The molecule has 108 valence electrons. The summed E-state index contributed by atoms with van der Waals surface area (Å²) in [6.45, 7) is 8.95. The van der Waals surface area contributed by atoms with Crippen molar-refractivity contribution >= 4 is 0 Å². The van der Waals surface area contributed by atoms with E-state index in [-0.39, 0.29) is 0 Å². The summed E-state index contributed by atoms with van der Waals surface area (Å²) in [4.78, 5) is 4.39. The van der Waals surface area contributed by atoms with Gasteiger partial charge in [-0.2, -0.15) is 0 Å². The van der Waals surface area contributed by atoms with Crippen LogP contribution in [0.2, 0.25) is 0 Å². The average Bonchev–Trinajstić information content (AvgIpc) is 2.71. The minimum Gasteiger partial charge on any atom is -0.508 e. The van der Waals surface area contributed by atoms with Gasteiger partial charge in [-0.1, -0.05) is 26.0 Å². The van der Waals surface area contributed by atoms with Crippen molar-refractivity contribution in [1.82, 2.24) is 14.9 Å². The molecule has 0 amide bonds. The number of benzene rings is 1. The van der Waals surface area contributed by atoms with E-state index in [4.69, 9.17) is 0 Å². The summed E-state index contributed by atoms with van der Waals surface area (Å²) in [6.07, 6.45) is 1.92. The number of nitrogens with zero attached hydrogens (tertiary/aromatic N) is 2. The van der Waals surface area contributed by atoms with Crippen LogP contribution < -0.4 is 5.32 Å². The van der Waals surface area contributed by atoms with Crippen molar-refractivity contribution < 1.29 is 5.11 Å². The largest absolute Gasteiger partial charge is 0.508 e. The molecule has 2 N–H and O–H groups in total. The highest BCUT2D eigenvalue weighted by molar-refractivity contribution is 5.27. The predicted molar refractivity (Wildman–Crippen MR) is 80.7 cm³/mol. The summed E-state index contributed by atoms with van der Waals surface area (Å²) in [7, 11) is 0. The molecule has 0 saturated heterocycles. The van der Waals surface area contributed by atoms with Crippen LogP contribution in [0.3, 0.4) is 0 Å². The van der Waals surface area contributed by atoms with E-state index >= 15 is 0 Å². The van der Waals surface area contributed by atoms with Crippen molar-refractivity contribution in [3.63, 3.8) is 0 Å². The molecular formula is C16H23N3O. The Morgan fingerprint density at radius 3 is 2.85 bits per heavy atom. The molecule has 4 heteroatoms. The second-order valence-corrected chi connectivity index (χ2v) is 5.58. The first-order valence-electron chi connectivity index (χ1n) is 7.06. The van der Waals surface area contributed by atoms with E-state index in [1.165, 1.54) is 5.69 Å². The van der Waals surface area contributed by atoms with Gasteiger partial charge in [-0.25, -0.2) is 4.98 Å². The Morgan fingerprint density at radius 2 is 2.15 bits per heavy atom. The number of aryl methyl sites for hydroxylation is 1. The molecular weight excluding hydrogens is 250 g/mol. The van der Waals surface area contributed by atoms with Crippen molar-refractivity contribution in [2.24, 2.45) is 5.92 Å². The minimum atomic E-state index is 0.305. The molecule has 0 saturated carbocycles. The summed E-state index contributed by atoms with van der Waals surface area (Å²) in [6, 6.07) is 7.37. The third-order valence-electron chi connectivity index (χ3n) is 3.25. The Hall–Kier alpha value is -1.81. The molecule has 2 aromatic rings. The highest BCUT2D eigenvalue weighted by atomic mass is 16.3. The molecule has 0 atom stereocenters. The molecule has 4 nitrogen and oxygen atoms in total. The first-order valence-corrected chi connectivity index (χ1v) is 7.06. The van der Waals surface area contributed by atoms with E-state index < -0.39 is 0 Å². The Balaban J connectivity index is 2.09. The van der Waals surface area contributed by atoms with Crippen molar-refractivity contribution in [3.8, 4) is 5.75 Å². The van der Waals surface area contributed by atoms with Crippen LogP contribution in [0, 0.1) is 12.8 Å². The van der Waals surface area contributed by atoms with Crippen molar-refractivity contribution in [2.45, 2.75) is 33.9 Å². The Bertz CT molecular complexity index is 561. The van der Waals surface area contributed by atoms with Crippen molar-refractivity contribution in [2.75, 3.05) is 6.54 Å². The van der Waals surface area contributed by atoms with Crippen LogP contribution in [0.25, 0.3) is 0 Å². The standard InChI is InChI=1S/C16H23N3O/c1-12(2)8-17-9-15-10-18-13(3)19(15)11-14-5-4-6-16(20)7-14/h4-7,10,12,17,20H,8-9,11H2,1-3H3. The molecule has 0 aliphatic heterocycles. The molecule has 1 aromatic heterocycles. The maximum atomic E-state index is 9.55. The van der Waals surface area contributed by atoms with Gasteiger partial charge >= 0.3 is 0 Å². The first-order chi connectivity index (χ1) is 9.56. The lowest BCUT2D eigenvalue weighted by Crippen LogP contribution is -2.21. The van der Waals surface area contributed by atoms with Gasteiger partial charge in [-0.15, -0.1) is 0 Å². The van der Waals surface area contributed by atoms with Gasteiger partial charge in [0.2, 0.25) is 0 Å². The Kier molecular flexibility index (Phi) is 4.79. The predicted octanol–water partition coefficient (Wildman–Crippen LogP) is 2.69. The number of imidazole rings is 1. The molecule has 0 unspecified atom stereocenters. The van der Waals surface area contributed by atoms with Crippen molar-refractivity contribution in [1.29, 1.82) is 0 Å². The lowest BCUT2D eigenvalue weighted by atomic mass is 10.2. The number of aromatic nitrogens is 2. The van der Waals surface area contributed by atoms with E-state index in [9.17, 15) is 5.11 Å². The maximum Gasteiger partial charge on any atom is 0.115 e. The second kappa shape index (κ2) is 6.57. The van der Waals surface area contributed by atoms with Crippen LogP contribution in [0.5, 0.6) is 5.75 Å². The fraction of sp³-hybridized carbons (Fsp3) is 0.438. The quantitative estimate of drug-likeness (QED) is 0.851. The summed E-state index contributed by atoms with van der Waals surface area (Å²) < 4.78 is 2.18. The third-order valence-corrected chi connectivity index (χ3v) is 3.25. The molecule has 2 rings (SSSR count). The number of aromatic hydroxyl groups is 1. The summed E-state index contributed by atoms with van der Waals surface area (Å²) in [5.74, 6) is 1.94. The Labute approximate surface area is 120 Å². The number of hydrogen-bond acceptors (Lipinski definition) is 3. The minimum absolute atomic E-state index is 0.305. The monoisotopic (exact) mass is 273 g/mol. The molecule has 20 heavy (non-hydrogen) atoms. The molecule has 0 radical (unpaired) electrons. The molecule has 0 aliphatic rings. The number of phenols is 1. The number of nitrogens with one attached hydrogen (secondary N) is 1. The topological polar surface area (TPSA) is 50.1 Å². The van der Waals surface area contributed by atoms with Gasteiger partial charge in [-0.3, -0.25) is 0 Å². The molecule has 0 bridgehead atoms. The maximum absolute atomic E-state index is 9.55. The lowest BCUT2D eigenvalue weighted by molar-refractivity contribution is 0.474. The zero-order valence-corrected chi connectivity index (χ0v) is 12.4. The van der Waals surface area contributed by atoms with E-state index in [1.807, 2.05) is 25.3 Å².